The first-order valence-corrected chi connectivity index (χ1v) is 7.54. The van der Waals surface area contributed by atoms with Crippen molar-refractivity contribution in [1.82, 2.24) is 4.90 Å². The van der Waals surface area contributed by atoms with Crippen molar-refractivity contribution in [2.45, 2.75) is 71.3 Å². The van der Waals surface area contributed by atoms with Crippen molar-refractivity contribution >= 4 is 11.9 Å². The Kier molecular flexibility index (Phi) is 6.89. The summed E-state index contributed by atoms with van der Waals surface area (Å²) in [5.41, 5.74) is 0. The van der Waals surface area contributed by atoms with E-state index in [1.165, 1.54) is 19.3 Å². The number of carboxylic acids is 1. The Balaban J connectivity index is 2.68. The zero-order valence-corrected chi connectivity index (χ0v) is 12.2. The van der Waals surface area contributed by atoms with Gasteiger partial charge < -0.3 is 10.0 Å². The van der Waals surface area contributed by atoms with E-state index in [-0.39, 0.29) is 24.3 Å². The molecule has 0 aromatic heterocycles. The lowest BCUT2D eigenvalue weighted by molar-refractivity contribution is -0.141. The number of rotatable bonds is 5. The molecule has 1 amide bonds. The topological polar surface area (TPSA) is 57.6 Å². The van der Waals surface area contributed by atoms with Gasteiger partial charge in [0, 0.05) is 18.5 Å². The molecule has 0 aromatic carbocycles. The van der Waals surface area contributed by atoms with Gasteiger partial charge in [0.25, 0.3) is 0 Å². The highest BCUT2D eigenvalue weighted by atomic mass is 16.4. The zero-order valence-electron chi connectivity index (χ0n) is 12.2. The maximum Gasteiger partial charge on any atom is 0.305 e. The van der Waals surface area contributed by atoms with E-state index in [9.17, 15) is 9.59 Å². The van der Waals surface area contributed by atoms with Gasteiger partial charge in [0.15, 0.2) is 0 Å². The van der Waals surface area contributed by atoms with E-state index < -0.39 is 5.97 Å². The number of hydrogen-bond donors (Lipinski definition) is 1. The third-order valence-corrected chi connectivity index (χ3v) is 3.86. The van der Waals surface area contributed by atoms with Gasteiger partial charge in [-0.1, -0.05) is 46.0 Å². The SMILES string of the molecule is CC(C)C(=O)N(CCC(=O)O)C1CCCCCCC1. The number of carbonyl (C=O) groups excluding carboxylic acids is 1. The van der Waals surface area contributed by atoms with Crippen molar-refractivity contribution in [3.05, 3.63) is 0 Å². The van der Waals surface area contributed by atoms with E-state index in [1.807, 2.05) is 18.7 Å². The third-order valence-electron chi connectivity index (χ3n) is 3.86. The monoisotopic (exact) mass is 269 g/mol. The summed E-state index contributed by atoms with van der Waals surface area (Å²) in [6, 6.07) is 0.245. The molecule has 1 saturated carbocycles. The third kappa shape index (κ3) is 5.62. The van der Waals surface area contributed by atoms with Crippen molar-refractivity contribution in [3.63, 3.8) is 0 Å². The second kappa shape index (κ2) is 8.18. The molecular formula is C15H27NO3. The minimum absolute atomic E-state index is 0.0506. The first kappa shape index (κ1) is 16.0. The lowest BCUT2D eigenvalue weighted by Gasteiger charge is -2.34. The Morgan fingerprint density at radius 2 is 1.63 bits per heavy atom. The quantitative estimate of drug-likeness (QED) is 0.834. The maximum absolute atomic E-state index is 12.3. The highest BCUT2D eigenvalue weighted by Gasteiger charge is 2.26. The van der Waals surface area contributed by atoms with Crippen molar-refractivity contribution < 1.29 is 14.7 Å². The first-order chi connectivity index (χ1) is 9.02. The molecule has 1 fully saturated rings. The molecule has 1 aliphatic carbocycles. The van der Waals surface area contributed by atoms with Crippen molar-refractivity contribution in [2.75, 3.05) is 6.54 Å². The highest BCUT2D eigenvalue weighted by molar-refractivity contribution is 5.79. The molecule has 4 nitrogen and oxygen atoms in total. The Labute approximate surface area is 116 Å². The summed E-state index contributed by atoms with van der Waals surface area (Å²) in [5, 5.41) is 8.84. The second-order valence-corrected chi connectivity index (χ2v) is 5.83. The van der Waals surface area contributed by atoms with Crippen LogP contribution in [-0.2, 0) is 9.59 Å². The van der Waals surface area contributed by atoms with Gasteiger partial charge in [-0.3, -0.25) is 9.59 Å². The number of aliphatic carboxylic acids is 1. The summed E-state index contributed by atoms with van der Waals surface area (Å²) in [6.07, 6.45) is 8.17. The van der Waals surface area contributed by atoms with Gasteiger partial charge in [0.2, 0.25) is 5.91 Å². The average molecular weight is 269 g/mol. The fourth-order valence-electron chi connectivity index (χ4n) is 2.77. The van der Waals surface area contributed by atoms with Crippen molar-refractivity contribution in [2.24, 2.45) is 5.92 Å². The zero-order chi connectivity index (χ0) is 14.3. The van der Waals surface area contributed by atoms with Crippen LogP contribution in [0.5, 0.6) is 0 Å². The van der Waals surface area contributed by atoms with Gasteiger partial charge >= 0.3 is 5.97 Å². The van der Waals surface area contributed by atoms with E-state index in [0.29, 0.717) is 6.54 Å². The Morgan fingerprint density at radius 1 is 1.11 bits per heavy atom. The Bertz CT molecular complexity index is 294. The molecule has 0 aliphatic heterocycles. The molecule has 110 valence electrons. The van der Waals surface area contributed by atoms with Crippen LogP contribution < -0.4 is 0 Å². The van der Waals surface area contributed by atoms with Gasteiger partial charge in [-0.15, -0.1) is 0 Å². The smallest absolute Gasteiger partial charge is 0.305 e. The molecule has 0 atom stereocenters. The minimum atomic E-state index is -0.826. The molecule has 0 bridgehead atoms. The van der Waals surface area contributed by atoms with Crippen LogP contribution in [0.1, 0.15) is 65.2 Å². The standard InChI is InChI=1S/C15H27NO3/c1-12(2)15(19)16(11-10-14(17)18)13-8-6-4-3-5-7-9-13/h12-13H,3-11H2,1-2H3,(H,17,18). The molecule has 0 unspecified atom stereocenters. The second-order valence-electron chi connectivity index (χ2n) is 5.83. The van der Waals surface area contributed by atoms with Crippen LogP contribution in [-0.4, -0.2) is 34.5 Å². The van der Waals surface area contributed by atoms with E-state index >= 15 is 0 Å². The summed E-state index contributed by atoms with van der Waals surface area (Å²) in [5.74, 6) is -0.779. The molecule has 0 radical (unpaired) electrons. The van der Waals surface area contributed by atoms with Gasteiger partial charge in [-0.25, -0.2) is 0 Å². The van der Waals surface area contributed by atoms with Gasteiger partial charge in [-0.05, 0) is 12.8 Å². The number of amides is 1. The van der Waals surface area contributed by atoms with Crippen LogP contribution in [0.4, 0.5) is 0 Å². The average Bonchev–Trinajstić information content (AvgIpc) is 2.30. The van der Waals surface area contributed by atoms with Gasteiger partial charge in [0.1, 0.15) is 0 Å². The highest BCUT2D eigenvalue weighted by Crippen LogP contribution is 2.23. The molecule has 1 rings (SSSR count). The van der Waals surface area contributed by atoms with Gasteiger partial charge in [-0.2, -0.15) is 0 Å². The Morgan fingerprint density at radius 3 is 2.11 bits per heavy atom. The number of nitrogens with zero attached hydrogens (tertiary/aromatic N) is 1. The number of hydrogen-bond acceptors (Lipinski definition) is 2. The van der Waals surface area contributed by atoms with E-state index in [4.69, 9.17) is 5.11 Å². The Hall–Kier alpha value is -1.06. The molecule has 0 spiro atoms. The van der Waals surface area contributed by atoms with Crippen LogP contribution in [0.2, 0.25) is 0 Å². The van der Waals surface area contributed by atoms with Crippen molar-refractivity contribution in [1.29, 1.82) is 0 Å². The summed E-state index contributed by atoms with van der Waals surface area (Å²) in [7, 11) is 0. The lowest BCUT2D eigenvalue weighted by atomic mass is 9.94. The molecule has 1 aliphatic rings. The molecule has 1 N–H and O–H groups in total. The molecule has 0 aromatic rings. The van der Waals surface area contributed by atoms with Crippen LogP contribution in [0, 0.1) is 5.92 Å². The summed E-state index contributed by atoms with van der Waals surface area (Å²) in [6.45, 7) is 4.13. The van der Waals surface area contributed by atoms with E-state index in [1.54, 1.807) is 0 Å². The van der Waals surface area contributed by atoms with Crippen LogP contribution in [0.3, 0.4) is 0 Å². The molecule has 19 heavy (non-hydrogen) atoms. The number of carboxylic acid groups (broad SMARTS) is 1. The van der Waals surface area contributed by atoms with Gasteiger partial charge in [0.05, 0.1) is 6.42 Å². The fraction of sp³-hybridized carbons (Fsp3) is 0.867. The molecule has 0 saturated heterocycles. The normalized spacial score (nSPS) is 17.8. The summed E-state index contributed by atoms with van der Waals surface area (Å²) in [4.78, 5) is 24.9. The summed E-state index contributed by atoms with van der Waals surface area (Å²) < 4.78 is 0. The predicted molar refractivity (Wildman–Crippen MR) is 74.9 cm³/mol. The van der Waals surface area contributed by atoms with Crippen LogP contribution in [0.25, 0.3) is 0 Å². The predicted octanol–water partition coefficient (Wildman–Crippen LogP) is 3.06. The number of carbonyl (C=O) groups is 2. The fourth-order valence-corrected chi connectivity index (χ4v) is 2.77. The molecule has 4 heteroatoms. The van der Waals surface area contributed by atoms with Crippen molar-refractivity contribution in [3.8, 4) is 0 Å². The lowest BCUT2D eigenvalue weighted by Crippen LogP contribution is -2.44. The molecular weight excluding hydrogens is 242 g/mol. The van der Waals surface area contributed by atoms with Crippen LogP contribution >= 0.6 is 0 Å². The molecule has 0 heterocycles. The first-order valence-electron chi connectivity index (χ1n) is 7.54. The largest absolute Gasteiger partial charge is 0.481 e. The minimum Gasteiger partial charge on any atom is -0.481 e. The van der Waals surface area contributed by atoms with E-state index in [0.717, 1.165) is 25.7 Å². The van der Waals surface area contributed by atoms with Crippen LogP contribution in [0.15, 0.2) is 0 Å². The van der Waals surface area contributed by atoms with E-state index in [2.05, 4.69) is 0 Å². The maximum atomic E-state index is 12.3. The summed E-state index contributed by atoms with van der Waals surface area (Å²) >= 11 is 0.